The van der Waals surface area contributed by atoms with Crippen molar-refractivity contribution < 1.29 is 4.79 Å². The molecule has 2 rings (SSSR count). The Morgan fingerprint density at radius 1 is 1.24 bits per heavy atom. The molecule has 0 N–H and O–H groups in total. The van der Waals surface area contributed by atoms with Gasteiger partial charge in [0.15, 0.2) is 0 Å². The third-order valence-corrected chi connectivity index (χ3v) is 4.20. The number of halogens is 1. The van der Waals surface area contributed by atoms with Crippen molar-refractivity contribution in [3.8, 4) is 0 Å². The van der Waals surface area contributed by atoms with Crippen LogP contribution in [-0.4, -0.2) is 23.8 Å². The van der Waals surface area contributed by atoms with Crippen LogP contribution in [0.2, 0.25) is 0 Å². The van der Waals surface area contributed by atoms with E-state index in [1.165, 1.54) is 9.13 Å². The van der Waals surface area contributed by atoms with Crippen LogP contribution >= 0.6 is 22.6 Å². The number of hydrogen-bond acceptors (Lipinski definition) is 2. The van der Waals surface area contributed by atoms with Crippen LogP contribution in [0.3, 0.4) is 0 Å². The van der Waals surface area contributed by atoms with Gasteiger partial charge in [0.25, 0.3) is 0 Å². The molecule has 1 aromatic carbocycles. The summed E-state index contributed by atoms with van der Waals surface area (Å²) < 4.78 is 1.28. The Kier molecular flexibility index (Phi) is 4.56. The van der Waals surface area contributed by atoms with Crippen molar-refractivity contribution in [2.45, 2.75) is 38.3 Å². The van der Waals surface area contributed by atoms with Crippen molar-refractivity contribution in [1.29, 1.82) is 0 Å². The average Bonchev–Trinajstić information content (AvgIpc) is 2.33. The molecule has 0 bridgehead atoms. The second-order valence-corrected chi connectivity index (χ2v) is 6.06. The highest BCUT2D eigenvalue weighted by Gasteiger charge is 2.21. The number of carbonyl (C=O) groups excluding carboxylic acids is 1. The summed E-state index contributed by atoms with van der Waals surface area (Å²) in [7, 11) is 2.17. The van der Waals surface area contributed by atoms with Crippen molar-refractivity contribution in [3.05, 3.63) is 33.4 Å². The van der Waals surface area contributed by atoms with Crippen LogP contribution in [0, 0.1) is 3.57 Å². The lowest BCUT2D eigenvalue weighted by Gasteiger charge is -2.30. The number of nitrogens with zero attached hydrogens (tertiary/aromatic N) is 1. The predicted molar refractivity (Wildman–Crippen MR) is 77.9 cm³/mol. The molecule has 0 heterocycles. The van der Waals surface area contributed by atoms with Crippen molar-refractivity contribution >= 4 is 28.4 Å². The van der Waals surface area contributed by atoms with E-state index in [0.717, 1.165) is 32.2 Å². The maximum absolute atomic E-state index is 11.2. The summed E-state index contributed by atoms with van der Waals surface area (Å²) in [6.45, 7) is 0.982. The second kappa shape index (κ2) is 5.96. The van der Waals surface area contributed by atoms with Crippen LogP contribution in [0.5, 0.6) is 0 Å². The van der Waals surface area contributed by atoms with E-state index in [2.05, 4.69) is 58.8 Å². The quantitative estimate of drug-likeness (QED) is 0.786. The predicted octanol–water partition coefficient (Wildman–Crippen LogP) is 3.23. The number of benzene rings is 1. The first-order valence-electron chi connectivity index (χ1n) is 6.11. The lowest BCUT2D eigenvalue weighted by atomic mass is 9.93. The van der Waals surface area contributed by atoms with E-state index < -0.39 is 0 Å². The topological polar surface area (TPSA) is 20.3 Å². The van der Waals surface area contributed by atoms with Crippen LogP contribution in [0.15, 0.2) is 24.3 Å². The summed E-state index contributed by atoms with van der Waals surface area (Å²) in [6, 6.07) is 9.24. The van der Waals surface area contributed by atoms with Gasteiger partial charge in [-0.15, -0.1) is 0 Å². The molecule has 92 valence electrons. The third kappa shape index (κ3) is 3.78. The summed E-state index contributed by atoms with van der Waals surface area (Å²) >= 11 is 2.32. The standard InChI is InChI=1S/C14H18INO/c1-16(13-6-8-14(17)9-7-13)10-11-2-4-12(15)5-3-11/h2-5,13H,6-10H2,1H3. The highest BCUT2D eigenvalue weighted by atomic mass is 127. The molecule has 0 radical (unpaired) electrons. The number of Topliss-reactive ketones (excluding diaryl/α,β-unsaturated/α-hetero) is 1. The van der Waals surface area contributed by atoms with Crippen LogP contribution in [0.1, 0.15) is 31.2 Å². The Hall–Kier alpha value is -0.420. The highest BCUT2D eigenvalue weighted by molar-refractivity contribution is 14.1. The SMILES string of the molecule is CN(Cc1ccc(I)cc1)C1CCC(=O)CC1. The van der Waals surface area contributed by atoms with E-state index in [1.807, 2.05) is 0 Å². The fourth-order valence-electron chi connectivity index (χ4n) is 2.37. The molecular weight excluding hydrogens is 325 g/mol. The van der Waals surface area contributed by atoms with Crippen LogP contribution < -0.4 is 0 Å². The smallest absolute Gasteiger partial charge is 0.133 e. The van der Waals surface area contributed by atoms with Gasteiger partial charge in [0.2, 0.25) is 0 Å². The number of carbonyl (C=O) groups is 1. The lowest BCUT2D eigenvalue weighted by Crippen LogP contribution is -2.34. The van der Waals surface area contributed by atoms with Crippen LogP contribution in [0.25, 0.3) is 0 Å². The Morgan fingerprint density at radius 2 is 1.82 bits per heavy atom. The monoisotopic (exact) mass is 343 g/mol. The fourth-order valence-corrected chi connectivity index (χ4v) is 2.73. The molecule has 3 heteroatoms. The van der Waals surface area contributed by atoms with Crippen LogP contribution in [0.4, 0.5) is 0 Å². The summed E-state index contributed by atoms with van der Waals surface area (Å²) in [4.78, 5) is 13.6. The summed E-state index contributed by atoms with van der Waals surface area (Å²) in [5, 5.41) is 0. The van der Waals surface area contributed by atoms with Crippen LogP contribution in [-0.2, 0) is 11.3 Å². The van der Waals surface area contributed by atoms with E-state index in [1.54, 1.807) is 0 Å². The minimum atomic E-state index is 0.434. The maximum Gasteiger partial charge on any atom is 0.133 e. The first kappa shape index (κ1) is 13.0. The van der Waals surface area contributed by atoms with Gasteiger partial charge in [0, 0.05) is 29.0 Å². The summed E-state index contributed by atoms with van der Waals surface area (Å²) in [5.74, 6) is 0.434. The Bertz CT molecular complexity index is 378. The van der Waals surface area contributed by atoms with E-state index in [9.17, 15) is 4.79 Å². The average molecular weight is 343 g/mol. The maximum atomic E-state index is 11.2. The lowest BCUT2D eigenvalue weighted by molar-refractivity contribution is -0.121. The fraction of sp³-hybridized carbons (Fsp3) is 0.500. The Morgan fingerprint density at radius 3 is 2.41 bits per heavy atom. The van der Waals surface area contributed by atoms with Gasteiger partial charge >= 0.3 is 0 Å². The highest BCUT2D eigenvalue weighted by Crippen LogP contribution is 2.21. The molecular formula is C14H18INO. The summed E-state index contributed by atoms with van der Waals surface area (Å²) in [6.07, 6.45) is 3.59. The molecule has 1 saturated carbocycles. The van der Waals surface area contributed by atoms with Gasteiger partial charge in [-0.1, -0.05) is 12.1 Å². The normalized spacial score (nSPS) is 17.7. The molecule has 0 amide bonds. The molecule has 1 aromatic rings. The largest absolute Gasteiger partial charge is 0.300 e. The molecule has 0 aliphatic heterocycles. The Balaban J connectivity index is 1.90. The van der Waals surface area contributed by atoms with Gasteiger partial charge in [-0.25, -0.2) is 0 Å². The molecule has 0 spiro atoms. The Labute approximate surface area is 117 Å². The zero-order valence-electron chi connectivity index (χ0n) is 10.2. The van der Waals surface area contributed by atoms with Crippen molar-refractivity contribution in [3.63, 3.8) is 0 Å². The van der Waals surface area contributed by atoms with Gasteiger partial charge < -0.3 is 0 Å². The van der Waals surface area contributed by atoms with Gasteiger partial charge in [-0.3, -0.25) is 9.69 Å². The summed E-state index contributed by atoms with van der Waals surface area (Å²) in [5.41, 5.74) is 1.35. The minimum absolute atomic E-state index is 0.434. The zero-order chi connectivity index (χ0) is 12.3. The molecule has 0 unspecified atom stereocenters. The van der Waals surface area contributed by atoms with Gasteiger partial charge in [-0.2, -0.15) is 0 Å². The zero-order valence-corrected chi connectivity index (χ0v) is 12.3. The molecule has 2 nitrogen and oxygen atoms in total. The molecule has 0 atom stereocenters. The first-order valence-corrected chi connectivity index (χ1v) is 7.19. The van der Waals surface area contributed by atoms with E-state index in [-0.39, 0.29) is 0 Å². The number of ketones is 1. The molecule has 0 aromatic heterocycles. The second-order valence-electron chi connectivity index (χ2n) is 4.81. The first-order chi connectivity index (χ1) is 8.15. The molecule has 17 heavy (non-hydrogen) atoms. The van der Waals surface area contributed by atoms with Gasteiger partial charge in [-0.05, 0) is 60.2 Å². The molecule has 1 fully saturated rings. The molecule has 0 saturated heterocycles. The molecule has 1 aliphatic rings. The number of rotatable bonds is 3. The van der Waals surface area contributed by atoms with Gasteiger partial charge in [0.05, 0.1) is 0 Å². The molecule has 1 aliphatic carbocycles. The third-order valence-electron chi connectivity index (χ3n) is 3.48. The van der Waals surface area contributed by atoms with Gasteiger partial charge in [0.1, 0.15) is 5.78 Å². The minimum Gasteiger partial charge on any atom is -0.300 e. The number of hydrogen-bond donors (Lipinski definition) is 0. The van der Waals surface area contributed by atoms with Crippen molar-refractivity contribution in [2.75, 3.05) is 7.05 Å². The van der Waals surface area contributed by atoms with E-state index in [0.29, 0.717) is 11.8 Å². The van der Waals surface area contributed by atoms with Crippen molar-refractivity contribution in [2.24, 2.45) is 0 Å². The van der Waals surface area contributed by atoms with Crippen molar-refractivity contribution in [1.82, 2.24) is 4.90 Å². The van der Waals surface area contributed by atoms with E-state index >= 15 is 0 Å². The van der Waals surface area contributed by atoms with E-state index in [4.69, 9.17) is 0 Å².